The van der Waals surface area contributed by atoms with Crippen LogP contribution < -0.4 is 4.90 Å². The zero-order chi connectivity index (χ0) is 11.6. The van der Waals surface area contributed by atoms with Crippen molar-refractivity contribution in [1.29, 1.82) is 0 Å². The largest absolute Gasteiger partial charge is 0.477 e. The van der Waals surface area contributed by atoms with Crippen LogP contribution >= 0.6 is 0 Å². The summed E-state index contributed by atoms with van der Waals surface area (Å²) in [6.07, 6.45) is 0. The molecule has 6 heteroatoms. The Morgan fingerprint density at radius 1 is 1.13 bits per heavy atom. The van der Waals surface area contributed by atoms with Crippen LogP contribution in [-0.2, 0) is 0 Å². The number of anilines is 1. The molecule has 0 aromatic carbocycles. The molecule has 1 aromatic rings. The predicted molar refractivity (Wildman–Crippen MR) is 52.5 cm³/mol. The Hall–Kier alpha value is -2.11. The van der Waals surface area contributed by atoms with Crippen LogP contribution in [-0.4, -0.2) is 41.2 Å². The normalized spacial score (nSPS) is 9.73. The van der Waals surface area contributed by atoms with Crippen molar-refractivity contribution >= 4 is 17.6 Å². The van der Waals surface area contributed by atoms with Crippen LogP contribution in [0.5, 0.6) is 0 Å². The third-order valence-corrected chi connectivity index (χ3v) is 1.76. The van der Waals surface area contributed by atoms with E-state index < -0.39 is 11.9 Å². The highest BCUT2D eigenvalue weighted by Gasteiger charge is 2.13. The molecule has 0 atom stereocenters. The highest BCUT2D eigenvalue weighted by atomic mass is 16.4. The quantitative estimate of drug-likeness (QED) is 0.756. The molecular formula is C9H10N2O4. The topological polar surface area (TPSA) is 90.7 Å². The van der Waals surface area contributed by atoms with E-state index in [0.717, 1.165) is 0 Å². The summed E-state index contributed by atoms with van der Waals surface area (Å²) < 4.78 is 0. The van der Waals surface area contributed by atoms with Crippen LogP contribution in [0.1, 0.15) is 21.0 Å². The first-order valence-electron chi connectivity index (χ1n) is 4.08. The van der Waals surface area contributed by atoms with Crippen molar-refractivity contribution in [2.75, 3.05) is 19.0 Å². The van der Waals surface area contributed by atoms with E-state index in [2.05, 4.69) is 4.98 Å². The van der Waals surface area contributed by atoms with E-state index >= 15 is 0 Å². The lowest BCUT2D eigenvalue weighted by atomic mass is 10.2. The van der Waals surface area contributed by atoms with Gasteiger partial charge in [-0.2, -0.15) is 0 Å². The molecule has 15 heavy (non-hydrogen) atoms. The summed E-state index contributed by atoms with van der Waals surface area (Å²) in [7, 11) is 3.37. The Labute approximate surface area is 85.8 Å². The van der Waals surface area contributed by atoms with E-state index in [1.165, 1.54) is 12.1 Å². The van der Waals surface area contributed by atoms with Crippen LogP contribution in [0.15, 0.2) is 12.1 Å². The lowest BCUT2D eigenvalue weighted by molar-refractivity contribution is 0.0685. The van der Waals surface area contributed by atoms with Gasteiger partial charge in [0.2, 0.25) is 0 Å². The van der Waals surface area contributed by atoms with E-state index in [0.29, 0.717) is 5.69 Å². The van der Waals surface area contributed by atoms with Crippen molar-refractivity contribution < 1.29 is 19.8 Å². The van der Waals surface area contributed by atoms with Crippen LogP contribution in [0.3, 0.4) is 0 Å². The molecule has 0 saturated heterocycles. The summed E-state index contributed by atoms with van der Waals surface area (Å²) in [6.45, 7) is 0. The predicted octanol–water partition coefficient (Wildman–Crippen LogP) is 0.544. The van der Waals surface area contributed by atoms with Gasteiger partial charge >= 0.3 is 11.9 Å². The summed E-state index contributed by atoms with van der Waals surface area (Å²) in [5, 5.41) is 17.4. The molecule has 0 saturated carbocycles. The van der Waals surface area contributed by atoms with Crippen molar-refractivity contribution in [3.8, 4) is 0 Å². The summed E-state index contributed by atoms with van der Waals surface area (Å²) in [4.78, 5) is 26.5. The summed E-state index contributed by atoms with van der Waals surface area (Å²) in [5.41, 5.74) is -0.0722. The number of carbonyl (C=O) groups is 2. The number of pyridine rings is 1. The number of nitrogens with zero attached hydrogens (tertiary/aromatic N) is 2. The van der Waals surface area contributed by atoms with Gasteiger partial charge in [0.05, 0.1) is 0 Å². The van der Waals surface area contributed by atoms with Gasteiger partial charge in [0.25, 0.3) is 0 Å². The fourth-order valence-electron chi connectivity index (χ4n) is 0.993. The van der Waals surface area contributed by atoms with Gasteiger partial charge in [0.15, 0.2) is 11.4 Å². The number of aromatic carboxylic acids is 2. The fourth-order valence-corrected chi connectivity index (χ4v) is 0.993. The minimum Gasteiger partial charge on any atom is -0.477 e. The van der Waals surface area contributed by atoms with Gasteiger partial charge in [0.1, 0.15) is 0 Å². The average Bonchev–Trinajstić information content (AvgIpc) is 2.16. The number of hydrogen-bond acceptors (Lipinski definition) is 4. The van der Waals surface area contributed by atoms with E-state index in [1.807, 2.05) is 0 Å². The van der Waals surface area contributed by atoms with Crippen molar-refractivity contribution in [3.63, 3.8) is 0 Å². The second-order valence-corrected chi connectivity index (χ2v) is 3.10. The number of carboxylic acids is 2. The second kappa shape index (κ2) is 3.95. The molecular weight excluding hydrogens is 200 g/mol. The van der Waals surface area contributed by atoms with Crippen molar-refractivity contribution in [2.24, 2.45) is 0 Å². The van der Waals surface area contributed by atoms with Gasteiger partial charge in [-0.15, -0.1) is 0 Å². The second-order valence-electron chi connectivity index (χ2n) is 3.10. The van der Waals surface area contributed by atoms with Gasteiger partial charge in [-0.3, -0.25) is 0 Å². The van der Waals surface area contributed by atoms with E-state index in [4.69, 9.17) is 10.2 Å². The maximum atomic E-state index is 10.7. The van der Waals surface area contributed by atoms with Crippen molar-refractivity contribution in [3.05, 3.63) is 23.5 Å². The smallest absolute Gasteiger partial charge is 0.354 e. The lowest BCUT2D eigenvalue weighted by Gasteiger charge is -2.13. The van der Waals surface area contributed by atoms with E-state index in [9.17, 15) is 9.59 Å². The first-order chi connectivity index (χ1) is 6.91. The third kappa shape index (κ3) is 2.43. The molecule has 0 fully saturated rings. The SMILES string of the molecule is CN(C)c1cc(C(=O)O)nc(C(=O)O)c1. The lowest BCUT2D eigenvalue weighted by Crippen LogP contribution is -2.14. The molecule has 0 aliphatic rings. The highest BCUT2D eigenvalue weighted by Crippen LogP contribution is 2.14. The Morgan fingerprint density at radius 3 is 1.80 bits per heavy atom. The van der Waals surface area contributed by atoms with Crippen molar-refractivity contribution in [1.82, 2.24) is 4.98 Å². The zero-order valence-corrected chi connectivity index (χ0v) is 8.26. The number of hydrogen-bond donors (Lipinski definition) is 2. The zero-order valence-electron chi connectivity index (χ0n) is 8.26. The third-order valence-electron chi connectivity index (χ3n) is 1.76. The molecule has 0 bridgehead atoms. The molecule has 2 N–H and O–H groups in total. The fraction of sp³-hybridized carbons (Fsp3) is 0.222. The minimum absolute atomic E-state index is 0.279. The number of rotatable bonds is 3. The Balaban J connectivity index is 3.32. The maximum absolute atomic E-state index is 10.7. The molecule has 0 aliphatic heterocycles. The van der Waals surface area contributed by atoms with Crippen LogP contribution in [0.25, 0.3) is 0 Å². The molecule has 0 radical (unpaired) electrons. The van der Waals surface area contributed by atoms with Gasteiger partial charge < -0.3 is 15.1 Å². The molecule has 0 aliphatic carbocycles. The molecule has 0 amide bonds. The Morgan fingerprint density at radius 2 is 1.53 bits per heavy atom. The van der Waals surface area contributed by atoms with Gasteiger partial charge in [-0.25, -0.2) is 14.6 Å². The number of aromatic nitrogens is 1. The first-order valence-corrected chi connectivity index (χ1v) is 4.08. The summed E-state index contributed by atoms with van der Waals surface area (Å²) >= 11 is 0. The Bertz CT molecular complexity index is 382. The standard InChI is InChI=1S/C9H10N2O4/c1-11(2)5-3-6(8(12)13)10-7(4-5)9(14)15/h3-4H,1-2H3,(H,12,13)(H,14,15). The molecule has 0 unspecified atom stereocenters. The molecule has 0 spiro atoms. The molecule has 6 nitrogen and oxygen atoms in total. The maximum Gasteiger partial charge on any atom is 0.354 e. The summed E-state index contributed by atoms with van der Waals surface area (Å²) in [5.74, 6) is -2.50. The minimum atomic E-state index is -1.25. The van der Waals surface area contributed by atoms with Gasteiger partial charge in [-0.05, 0) is 12.1 Å². The molecule has 1 heterocycles. The monoisotopic (exact) mass is 210 g/mol. The van der Waals surface area contributed by atoms with E-state index in [1.54, 1.807) is 19.0 Å². The molecule has 80 valence electrons. The van der Waals surface area contributed by atoms with Crippen LogP contribution in [0.4, 0.5) is 5.69 Å². The molecule has 1 aromatic heterocycles. The van der Waals surface area contributed by atoms with Crippen molar-refractivity contribution in [2.45, 2.75) is 0 Å². The van der Waals surface area contributed by atoms with Gasteiger partial charge in [0, 0.05) is 19.8 Å². The number of carboxylic acid groups (broad SMARTS) is 2. The van der Waals surface area contributed by atoms with E-state index in [-0.39, 0.29) is 11.4 Å². The first kappa shape index (κ1) is 11.0. The Kier molecular flexibility index (Phi) is 2.89. The average molecular weight is 210 g/mol. The van der Waals surface area contributed by atoms with Crippen LogP contribution in [0.2, 0.25) is 0 Å². The van der Waals surface area contributed by atoms with Gasteiger partial charge in [-0.1, -0.05) is 0 Å². The highest BCUT2D eigenvalue weighted by molar-refractivity contribution is 5.91. The van der Waals surface area contributed by atoms with Crippen LogP contribution in [0, 0.1) is 0 Å². The molecule has 1 rings (SSSR count). The summed E-state index contributed by atoms with van der Waals surface area (Å²) in [6, 6.07) is 2.63.